The highest BCUT2D eigenvalue weighted by Gasteiger charge is 2.10. The Bertz CT molecular complexity index is 579. The zero-order chi connectivity index (χ0) is 13.7. The molecular weight excluding hydrogens is 242 g/mol. The van der Waals surface area contributed by atoms with Gasteiger partial charge in [-0.15, -0.1) is 0 Å². The Hall–Kier alpha value is -2.59. The summed E-state index contributed by atoms with van der Waals surface area (Å²) < 4.78 is 0. The van der Waals surface area contributed by atoms with Crippen LogP contribution < -0.4 is 5.06 Å². The van der Waals surface area contributed by atoms with E-state index in [1.807, 2.05) is 0 Å². The number of hydrogen-bond acceptors (Lipinski definition) is 3. The lowest BCUT2D eigenvalue weighted by Crippen LogP contribution is -2.10. The summed E-state index contributed by atoms with van der Waals surface area (Å²) in [7, 11) is 0. The summed E-state index contributed by atoms with van der Waals surface area (Å²) in [5.74, 6) is -1.14. The molecule has 0 heterocycles. The molecule has 0 aliphatic heterocycles. The van der Waals surface area contributed by atoms with Gasteiger partial charge in [-0.25, -0.2) is 4.79 Å². The molecule has 2 rings (SSSR count). The van der Waals surface area contributed by atoms with E-state index in [0.717, 1.165) is 6.20 Å². The Kier molecular flexibility index (Phi) is 3.95. The Morgan fingerprint density at radius 2 is 1.53 bits per heavy atom. The highest BCUT2D eigenvalue weighted by Crippen LogP contribution is 2.19. The number of carboxylic acid groups (broad SMARTS) is 1. The van der Waals surface area contributed by atoms with E-state index in [0.29, 0.717) is 16.3 Å². The summed E-state index contributed by atoms with van der Waals surface area (Å²) in [5, 5.41) is 21.7. The van der Waals surface area contributed by atoms with Gasteiger partial charge >= 0.3 is 5.97 Å². The van der Waals surface area contributed by atoms with E-state index in [2.05, 4.69) is 0 Å². The van der Waals surface area contributed by atoms with E-state index < -0.39 is 5.97 Å². The van der Waals surface area contributed by atoms with Gasteiger partial charge in [-0.2, -0.15) is 0 Å². The second-order valence-corrected chi connectivity index (χ2v) is 3.88. The van der Waals surface area contributed by atoms with Crippen molar-refractivity contribution in [3.05, 3.63) is 77.6 Å². The number of aliphatic carboxylic acids is 1. The quantitative estimate of drug-likeness (QED) is 0.672. The normalized spacial score (nSPS) is 11.1. The summed E-state index contributed by atoms with van der Waals surface area (Å²) in [6.45, 7) is 0. The van der Waals surface area contributed by atoms with Gasteiger partial charge in [0.25, 0.3) is 0 Å². The largest absolute Gasteiger partial charge is 0.754 e. The average Bonchev–Trinajstić information content (AvgIpc) is 2.46. The van der Waals surface area contributed by atoms with Crippen LogP contribution in [0.2, 0.25) is 0 Å². The van der Waals surface area contributed by atoms with Crippen molar-refractivity contribution in [3.63, 3.8) is 0 Å². The molecule has 0 amide bonds. The van der Waals surface area contributed by atoms with Crippen LogP contribution >= 0.6 is 0 Å². The maximum atomic E-state index is 11.9. The van der Waals surface area contributed by atoms with Crippen molar-refractivity contribution in [2.24, 2.45) is 0 Å². The first-order chi connectivity index (χ1) is 9.18. The Morgan fingerprint density at radius 1 is 1.00 bits per heavy atom. The highest BCUT2D eigenvalue weighted by molar-refractivity contribution is 6.15. The first-order valence-electron chi connectivity index (χ1n) is 5.70. The maximum absolute atomic E-state index is 11.9. The lowest BCUT2D eigenvalue weighted by molar-refractivity contribution is -0.130. The van der Waals surface area contributed by atoms with Crippen molar-refractivity contribution in [1.29, 1.82) is 0 Å². The minimum atomic E-state index is -1.14. The van der Waals surface area contributed by atoms with Gasteiger partial charge in [0, 0.05) is 11.9 Å². The van der Waals surface area contributed by atoms with Gasteiger partial charge in [-0.05, 0) is 17.7 Å². The number of carbonyl (C=O) groups is 1. The van der Waals surface area contributed by atoms with Gasteiger partial charge in [-0.3, -0.25) is 0 Å². The van der Waals surface area contributed by atoms with Crippen LogP contribution in [0.3, 0.4) is 0 Å². The van der Waals surface area contributed by atoms with E-state index in [-0.39, 0.29) is 5.57 Å². The van der Waals surface area contributed by atoms with Crippen LogP contribution in [0.4, 0.5) is 5.69 Å². The molecule has 0 aliphatic carbocycles. The lowest BCUT2D eigenvalue weighted by Gasteiger charge is -2.27. The maximum Gasteiger partial charge on any atom is 0.337 e. The van der Waals surface area contributed by atoms with Crippen molar-refractivity contribution in [1.82, 2.24) is 0 Å². The highest BCUT2D eigenvalue weighted by atomic mass is 16.5. The predicted octanol–water partition coefficient (Wildman–Crippen LogP) is 3.12. The average molecular weight is 254 g/mol. The summed E-state index contributed by atoms with van der Waals surface area (Å²) in [6.07, 6.45) is 1.08. The third kappa shape index (κ3) is 3.20. The van der Waals surface area contributed by atoms with Gasteiger partial charge in [0.15, 0.2) is 0 Å². The molecule has 0 aliphatic rings. The van der Waals surface area contributed by atoms with Gasteiger partial charge < -0.3 is 15.4 Å². The van der Waals surface area contributed by atoms with Crippen LogP contribution in [0.15, 0.2) is 66.9 Å². The summed E-state index contributed by atoms with van der Waals surface area (Å²) in [5.41, 5.74) is 0.836. The van der Waals surface area contributed by atoms with Crippen molar-refractivity contribution in [2.45, 2.75) is 0 Å². The molecule has 0 atom stereocenters. The molecule has 2 aromatic carbocycles. The molecule has 0 saturated heterocycles. The van der Waals surface area contributed by atoms with Crippen LogP contribution in [0.1, 0.15) is 5.56 Å². The molecule has 2 aromatic rings. The van der Waals surface area contributed by atoms with Crippen molar-refractivity contribution >= 4 is 17.2 Å². The van der Waals surface area contributed by atoms with Crippen LogP contribution in [0, 0.1) is 5.21 Å². The van der Waals surface area contributed by atoms with Crippen LogP contribution in [0.5, 0.6) is 0 Å². The van der Waals surface area contributed by atoms with Gasteiger partial charge in [0.05, 0.1) is 5.57 Å². The molecule has 0 fully saturated rings. The molecule has 0 aromatic heterocycles. The molecule has 0 spiro atoms. The molecule has 0 saturated carbocycles. The third-order valence-electron chi connectivity index (χ3n) is 2.57. The number of hydroxylamine groups is 1. The minimum absolute atomic E-state index is 0.0422. The standard InChI is InChI=1S/C15H12NO3/c17-15(18)14(12-7-3-1-4-8-12)11-16(19)13-9-5-2-6-10-13/h1-11H,(H,17,18)/q-1. The molecule has 19 heavy (non-hydrogen) atoms. The molecule has 4 heteroatoms. The second kappa shape index (κ2) is 5.84. The summed E-state index contributed by atoms with van der Waals surface area (Å²) >= 11 is 0. The van der Waals surface area contributed by atoms with Gasteiger partial charge in [-0.1, -0.05) is 48.5 Å². The van der Waals surface area contributed by atoms with Crippen molar-refractivity contribution in [3.8, 4) is 0 Å². The first kappa shape index (κ1) is 12.9. The predicted molar refractivity (Wildman–Crippen MR) is 74.3 cm³/mol. The molecule has 0 unspecified atom stereocenters. The fourth-order valence-electron chi connectivity index (χ4n) is 1.64. The number of para-hydroxylation sites is 1. The zero-order valence-corrected chi connectivity index (χ0v) is 10.1. The number of carboxylic acids is 1. The number of anilines is 1. The smallest absolute Gasteiger partial charge is 0.337 e. The number of rotatable bonds is 4. The monoisotopic (exact) mass is 254 g/mol. The van der Waals surface area contributed by atoms with Gasteiger partial charge in [0.1, 0.15) is 0 Å². The van der Waals surface area contributed by atoms with Crippen LogP contribution in [-0.2, 0) is 4.79 Å². The van der Waals surface area contributed by atoms with E-state index >= 15 is 0 Å². The van der Waals surface area contributed by atoms with E-state index in [1.165, 1.54) is 0 Å². The first-order valence-corrected chi connectivity index (χ1v) is 5.70. The van der Waals surface area contributed by atoms with Crippen LogP contribution in [0.25, 0.3) is 5.57 Å². The Morgan fingerprint density at radius 3 is 2.05 bits per heavy atom. The van der Waals surface area contributed by atoms with Crippen LogP contribution in [-0.4, -0.2) is 11.1 Å². The summed E-state index contributed by atoms with van der Waals surface area (Å²) in [6, 6.07) is 17.0. The SMILES string of the molecule is O=C(O)C(=CN([O-])c1ccccc1)c1ccccc1. The number of nitrogens with zero attached hydrogens (tertiary/aromatic N) is 1. The van der Waals surface area contributed by atoms with E-state index in [9.17, 15) is 15.1 Å². The Labute approximate surface area is 110 Å². The molecule has 0 bridgehead atoms. The molecule has 96 valence electrons. The molecule has 0 radical (unpaired) electrons. The van der Waals surface area contributed by atoms with E-state index in [4.69, 9.17) is 0 Å². The topological polar surface area (TPSA) is 63.6 Å². The fourth-order valence-corrected chi connectivity index (χ4v) is 1.64. The fraction of sp³-hybridized carbons (Fsp3) is 0. The lowest BCUT2D eigenvalue weighted by atomic mass is 10.1. The van der Waals surface area contributed by atoms with Crippen molar-refractivity contribution < 1.29 is 9.90 Å². The van der Waals surface area contributed by atoms with Crippen molar-refractivity contribution in [2.75, 3.05) is 5.06 Å². The van der Waals surface area contributed by atoms with E-state index in [1.54, 1.807) is 60.7 Å². The number of hydrogen-bond donors (Lipinski definition) is 1. The molecule has 4 nitrogen and oxygen atoms in total. The zero-order valence-electron chi connectivity index (χ0n) is 10.1. The number of benzene rings is 2. The second-order valence-electron chi connectivity index (χ2n) is 3.88. The molecular formula is C15H12NO3-. The Balaban J connectivity index is 2.35. The summed E-state index contributed by atoms with van der Waals surface area (Å²) in [4.78, 5) is 11.2. The molecule has 1 N–H and O–H groups in total. The third-order valence-corrected chi connectivity index (χ3v) is 2.57. The van der Waals surface area contributed by atoms with Gasteiger partial charge in [0.2, 0.25) is 0 Å². The minimum Gasteiger partial charge on any atom is -0.754 e.